The Labute approximate surface area is 219 Å². The van der Waals surface area contributed by atoms with Crippen LogP contribution in [0.3, 0.4) is 0 Å². The van der Waals surface area contributed by atoms with E-state index in [1.807, 2.05) is 0 Å². The summed E-state index contributed by atoms with van der Waals surface area (Å²) in [6.45, 7) is 11.0. The van der Waals surface area contributed by atoms with Gasteiger partial charge in [-0.3, -0.25) is 4.48 Å². The zero-order chi connectivity index (χ0) is 27.0. The molecule has 2 N–H and O–H groups in total. The molecule has 204 valence electrons. The number of nitrogens with zero attached hydrogens (tertiary/aromatic N) is 1. The van der Waals surface area contributed by atoms with Crippen LogP contribution < -0.4 is 0 Å². The summed E-state index contributed by atoms with van der Waals surface area (Å²) in [5.74, 6) is 0. The minimum Gasteiger partial charge on any atom is -0.744 e. The first-order valence-electron chi connectivity index (χ1n) is 13.4. The van der Waals surface area contributed by atoms with E-state index in [9.17, 15) is 23.2 Å². The van der Waals surface area contributed by atoms with Gasteiger partial charge in [0.05, 0.1) is 11.4 Å². The number of aliphatic hydroxyl groups is 2. The van der Waals surface area contributed by atoms with Crippen LogP contribution in [-0.4, -0.2) is 53.2 Å². The lowest BCUT2D eigenvalue weighted by Gasteiger charge is -2.42. The fraction of sp³-hybridized carbons (Fsp3) is 0.586. The van der Waals surface area contributed by atoms with Crippen LogP contribution in [0.4, 0.5) is 0 Å². The van der Waals surface area contributed by atoms with Crippen LogP contribution in [-0.2, 0) is 10.1 Å². The van der Waals surface area contributed by atoms with Crippen molar-refractivity contribution in [2.75, 3.05) is 13.1 Å². The molecule has 6 nitrogen and oxygen atoms in total. The molecule has 0 amide bonds. The molecule has 36 heavy (non-hydrogen) atoms. The van der Waals surface area contributed by atoms with E-state index >= 15 is 0 Å². The summed E-state index contributed by atoms with van der Waals surface area (Å²) in [5.41, 5.74) is 0. The largest absolute Gasteiger partial charge is 0.744 e. The van der Waals surface area contributed by atoms with E-state index in [4.69, 9.17) is 0 Å². The number of fused-ring (bicyclic) bond motifs is 1. The number of quaternary nitrogens is 1. The van der Waals surface area contributed by atoms with Gasteiger partial charge in [0.2, 0.25) is 0 Å². The van der Waals surface area contributed by atoms with Gasteiger partial charge in [0.15, 0.2) is 12.5 Å². The molecule has 2 unspecified atom stereocenters. The number of rotatable bonds is 16. The SMILES string of the molecule is C=CC[N+](CCCCCCCCCCCC)(C(C)O)C(C)O.O=S(=O)([O-])c1cccc2ccccc12. The highest BCUT2D eigenvalue weighted by Gasteiger charge is 2.35. The Morgan fingerprint density at radius 1 is 0.861 bits per heavy atom. The normalized spacial score (nSPS) is 14.9. The van der Waals surface area contributed by atoms with Crippen LogP contribution in [0.25, 0.3) is 10.8 Å². The van der Waals surface area contributed by atoms with E-state index in [1.165, 1.54) is 63.9 Å². The predicted octanol–water partition coefficient (Wildman–Crippen LogP) is 6.33. The van der Waals surface area contributed by atoms with Crippen molar-refractivity contribution in [3.63, 3.8) is 0 Å². The molecule has 0 bridgehead atoms. The van der Waals surface area contributed by atoms with Crippen molar-refractivity contribution >= 4 is 20.9 Å². The van der Waals surface area contributed by atoms with E-state index < -0.39 is 22.6 Å². The summed E-state index contributed by atoms with van der Waals surface area (Å²) < 4.78 is 33.0. The Bertz CT molecular complexity index is 975. The molecule has 0 aromatic heterocycles. The van der Waals surface area contributed by atoms with Gasteiger partial charge in [-0.2, -0.15) is 0 Å². The maximum Gasteiger partial charge on any atom is 0.189 e. The third-order valence-electron chi connectivity index (χ3n) is 6.90. The van der Waals surface area contributed by atoms with Crippen molar-refractivity contribution in [1.82, 2.24) is 0 Å². The molecule has 2 aromatic carbocycles. The highest BCUT2D eigenvalue weighted by atomic mass is 32.2. The molecule has 0 spiro atoms. The third kappa shape index (κ3) is 10.7. The molecule has 2 aromatic rings. The first-order chi connectivity index (χ1) is 17.1. The van der Waals surface area contributed by atoms with Gasteiger partial charge in [-0.15, -0.1) is 0 Å². The van der Waals surface area contributed by atoms with Crippen LogP contribution in [0.1, 0.15) is 85.0 Å². The van der Waals surface area contributed by atoms with Gasteiger partial charge in [0, 0.05) is 13.8 Å². The Morgan fingerprint density at radius 3 is 1.86 bits per heavy atom. The lowest BCUT2D eigenvalue weighted by Crippen LogP contribution is -2.60. The molecule has 0 aliphatic rings. The van der Waals surface area contributed by atoms with Crippen LogP contribution in [0, 0.1) is 0 Å². The van der Waals surface area contributed by atoms with Gasteiger partial charge < -0.3 is 14.8 Å². The standard InChI is InChI=1S/C19H40NO2.C10H8O3S/c1-5-7-8-9-10-11-12-13-14-15-17-20(16-6-2,18(3)21)19(4)22;11-14(12,13)10-7-3-5-8-4-1-2-6-9(8)10/h6,18-19,21-22H,2,5,7-17H2,1,3-4H3;1-7H,(H,11,12,13)/q+1;/p-1. The maximum absolute atomic E-state index is 10.9. The maximum atomic E-state index is 10.9. The zero-order valence-corrected chi connectivity index (χ0v) is 23.3. The third-order valence-corrected chi connectivity index (χ3v) is 7.80. The van der Waals surface area contributed by atoms with E-state index in [1.54, 1.807) is 56.3 Å². The van der Waals surface area contributed by atoms with Gasteiger partial charge in [0.25, 0.3) is 0 Å². The van der Waals surface area contributed by atoms with Crippen molar-refractivity contribution in [2.24, 2.45) is 0 Å². The van der Waals surface area contributed by atoms with Gasteiger partial charge in [-0.25, -0.2) is 8.42 Å². The molecule has 0 aliphatic carbocycles. The molecule has 0 heterocycles. The Kier molecular flexibility index (Phi) is 15.1. The quantitative estimate of drug-likeness (QED) is 0.0884. The molecule has 0 fully saturated rings. The number of hydrogen-bond acceptors (Lipinski definition) is 5. The fourth-order valence-electron chi connectivity index (χ4n) is 4.63. The van der Waals surface area contributed by atoms with E-state index in [0.29, 0.717) is 16.4 Å². The van der Waals surface area contributed by atoms with Gasteiger partial charge >= 0.3 is 0 Å². The second-order valence-electron chi connectivity index (χ2n) is 9.67. The summed E-state index contributed by atoms with van der Waals surface area (Å²) in [5, 5.41) is 21.4. The summed E-state index contributed by atoms with van der Waals surface area (Å²) in [4.78, 5) is -0.157. The molecule has 2 atom stereocenters. The monoisotopic (exact) mass is 521 g/mol. The molecule has 0 radical (unpaired) electrons. The van der Waals surface area contributed by atoms with Crippen molar-refractivity contribution in [2.45, 2.75) is 102 Å². The number of unbranched alkanes of at least 4 members (excludes halogenated alkanes) is 9. The molecule has 0 saturated carbocycles. The van der Waals surface area contributed by atoms with Gasteiger partial charge in [-0.1, -0.05) is 101 Å². The Hall–Kier alpha value is -1.77. The summed E-state index contributed by atoms with van der Waals surface area (Å²) in [6, 6.07) is 11.5. The van der Waals surface area contributed by atoms with E-state index in [0.717, 1.165) is 18.4 Å². The average molecular weight is 522 g/mol. The second-order valence-corrected chi connectivity index (χ2v) is 11.0. The van der Waals surface area contributed by atoms with Crippen molar-refractivity contribution < 1.29 is 27.7 Å². The summed E-state index contributed by atoms with van der Waals surface area (Å²) in [6.07, 6.45) is 13.7. The lowest BCUT2D eigenvalue weighted by molar-refractivity contribution is -1.00. The molecule has 0 aliphatic heterocycles. The average Bonchev–Trinajstić information content (AvgIpc) is 2.83. The first kappa shape index (κ1) is 32.3. The minimum absolute atomic E-state index is 0.157. The van der Waals surface area contributed by atoms with Crippen LogP contribution in [0.5, 0.6) is 0 Å². The molecular weight excluding hydrogens is 474 g/mol. The smallest absolute Gasteiger partial charge is 0.189 e. The fourth-order valence-corrected chi connectivity index (χ4v) is 5.33. The minimum atomic E-state index is -4.38. The molecular formula is C29H47NO5S. The zero-order valence-electron chi connectivity index (χ0n) is 22.4. The number of hydrogen-bond donors (Lipinski definition) is 2. The number of aliphatic hydroxyl groups excluding tert-OH is 2. The van der Waals surface area contributed by atoms with Crippen molar-refractivity contribution in [1.29, 1.82) is 0 Å². The van der Waals surface area contributed by atoms with Crippen molar-refractivity contribution in [3.8, 4) is 0 Å². The van der Waals surface area contributed by atoms with Crippen LogP contribution >= 0.6 is 0 Å². The van der Waals surface area contributed by atoms with Gasteiger partial charge in [0.1, 0.15) is 16.7 Å². The topological polar surface area (TPSA) is 97.7 Å². The highest BCUT2D eigenvalue weighted by molar-refractivity contribution is 7.86. The van der Waals surface area contributed by atoms with Crippen molar-refractivity contribution in [3.05, 3.63) is 55.1 Å². The van der Waals surface area contributed by atoms with Crippen LogP contribution in [0.2, 0.25) is 0 Å². The molecule has 7 heteroatoms. The van der Waals surface area contributed by atoms with E-state index in [2.05, 4.69) is 13.5 Å². The second kappa shape index (κ2) is 16.9. The molecule has 0 saturated heterocycles. The Balaban J connectivity index is 0.000000393. The van der Waals surface area contributed by atoms with Gasteiger partial charge in [-0.05, 0) is 35.8 Å². The summed E-state index contributed by atoms with van der Waals surface area (Å²) >= 11 is 0. The molecule has 2 rings (SSSR count). The predicted molar refractivity (Wildman–Crippen MR) is 147 cm³/mol. The first-order valence-corrected chi connectivity index (χ1v) is 14.8. The highest BCUT2D eigenvalue weighted by Crippen LogP contribution is 2.22. The lowest BCUT2D eigenvalue weighted by atomic mass is 10.1. The van der Waals surface area contributed by atoms with Crippen LogP contribution in [0.15, 0.2) is 60.0 Å². The summed E-state index contributed by atoms with van der Waals surface area (Å²) in [7, 11) is -4.38. The number of benzene rings is 2. The Morgan fingerprint density at radius 2 is 1.36 bits per heavy atom. The van der Waals surface area contributed by atoms with E-state index in [-0.39, 0.29) is 4.90 Å².